The van der Waals surface area contributed by atoms with Gasteiger partial charge in [0.15, 0.2) is 0 Å². The number of thioether (sulfide) groups is 1. The maximum Gasteiger partial charge on any atom is 0.319 e. The molecule has 2 aromatic rings. The van der Waals surface area contributed by atoms with E-state index >= 15 is 0 Å². The molecule has 0 amide bonds. The van der Waals surface area contributed by atoms with E-state index in [4.69, 9.17) is 4.74 Å². The molecule has 0 aromatic carbocycles. The van der Waals surface area contributed by atoms with Gasteiger partial charge in [-0.2, -0.15) is 4.98 Å². The van der Waals surface area contributed by atoms with Crippen molar-refractivity contribution < 1.29 is 9.53 Å². The summed E-state index contributed by atoms with van der Waals surface area (Å²) in [5.41, 5.74) is 1.87. The van der Waals surface area contributed by atoms with E-state index < -0.39 is 0 Å². The molecular weight excluding hydrogens is 276 g/mol. The normalized spacial score (nSPS) is 12.6. The first-order chi connectivity index (χ1) is 9.55. The van der Waals surface area contributed by atoms with Gasteiger partial charge in [-0.3, -0.25) is 4.79 Å². The lowest BCUT2D eigenvalue weighted by Gasteiger charge is -2.10. The molecule has 0 saturated carbocycles. The molecule has 20 heavy (non-hydrogen) atoms. The summed E-state index contributed by atoms with van der Waals surface area (Å²) < 4.78 is 6.73. The second-order valence-electron chi connectivity index (χ2n) is 4.41. The Morgan fingerprint density at radius 2 is 2.15 bits per heavy atom. The van der Waals surface area contributed by atoms with Gasteiger partial charge in [-0.05, 0) is 33.3 Å². The van der Waals surface area contributed by atoms with Crippen molar-refractivity contribution >= 4 is 23.5 Å². The highest BCUT2D eigenvalue weighted by Gasteiger charge is 2.21. The van der Waals surface area contributed by atoms with Crippen LogP contribution in [0.1, 0.15) is 31.7 Å². The SMILES string of the molecule is CCOC(=O)[C@@H](CC)Sc1nc2nc(C)cc(C)n2n1. The number of hydrogen-bond acceptors (Lipinski definition) is 6. The molecule has 1 atom stereocenters. The van der Waals surface area contributed by atoms with Crippen molar-refractivity contribution in [3.05, 3.63) is 17.5 Å². The Morgan fingerprint density at radius 3 is 2.80 bits per heavy atom. The molecule has 7 heteroatoms. The van der Waals surface area contributed by atoms with Gasteiger partial charge in [-0.1, -0.05) is 18.7 Å². The third-order valence-electron chi connectivity index (χ3n) is 2.77. The molecule has 0 saturated heterocycles. The van der Waals surface area contributed by atoms with E-state index in [0.29, 0.717) is 24.0 Å². The first-order valence-corrected chi connectivity index (χ1v) is 7.47. The fraction of sp³-hybridized carbons (Fsp3) is 0.538. The molecule has 2 rings (SSSR count). The van der Waals surface area contributed by atoms with E-state index in [-0.39, 0.29) is 11.2 Å². The van der Waals surface area contributed by atoms with Crippen LogP contribution in [0.3, 0.4) is 0 Å². The number of nitrogens with zero attached hydrogens (tertiary/aromatic N) is 4. The van der Waals surface area contributed by atoms with Crippen molar-refractivity contribution in [2.24, 2.45) is 0 Å². The molecular formula is C13H18N4O2S. The standard InChI is InChI=1S/C13H18N4O2S/c1-5-10(11(18)19-6-2)20-13-15-12-14-8(3)7-9(4)17(12)16-13/h7,10H,5-6H2,1-4H3/t10-/m1/s1. The van der Waals surface area contributed by atoms with Crippen LogP contribution in [0.15, 0.2) is 11.2 Å². The van der Waals surface area contributed by atoms with Gasteiger partial charge in [0, 0.05) is 11.4 Å². The predicted molar refractivity (Wildman–Crippen MR) is 76.8 cm³/mol. The lowest BCUT2D eigenvalue weighted by atomic mass is 10.3. The van der Waals surface area contributed by atoms with Gasteiger partial charge < -0.3 is 4.74 Å². The zero-order chi connectivity index (χ0) is 14.7. The molecule has 2 aromatic heterocycles. The summed E-state index contributed by atoms with van der Waals surface area (Å²) in [4.78, 5) is 20.5. The minimum Gasteiger partial charge on any atom is -0.465 e. The van der Waals surface area contributed by atoms with Crippen molar-refractivity contribution in [1.82, 2.24) is 19.6 Å². The number of carbonyl (C=O) groups excluding carboxylic acids is 1. The summed E-state index contributed by atoms with van der Waals surface area (Å²) in [6.45, 7) is 8.00. The smallest absolute Gasteiger partial charge is 0.319 e. The average Bonchev–Trinajstić information content (AvgIpc) is 2.79. The largest absolute Gasteiger partial charge is 0.465 e. The summed E-state index contributed by atoms with van der Waals surface area (Å²) in [7, 11) is 0. The van der Waals surface area contributed by atoms with Crippen molar-refractivity contribution in [2.45, 2.75) is 44.5 Å². The first kappa shape index (κ1) is 14.8. The average molecular weight is 294 g/mol. The molecule has 0 radical (unpaired) electrons. The van der Waals surface area contributed by atoms with Crippen molar-refractivity contribution in [3.63, 3.8) is 0 Å². The zero-order valence-corrected chi connectivity index (χ0v) is 12.9. The van der Waals surface area contributed by atoms with Gasteiger partial charge in [-0.15, -0.1) is 5.10 Å². The highest BCUT2D eigenvalue weighted by Crippen LogP contribution is 2.24. The molecule has 2 heterocycles. The molecule has 0 aliphatic heterocycles. The molecule has 0 N–H and O–H groups in total. The van der Waals surface area contributed by atoms with Gasteiger partial charge in [0.2, 0.25) is 5.16 Å². The van der Waals surface area contributed by atoms with Crippen LogP contribution in [-0.4, -0.2) is 37.4 Å². The van der Waals surface area contributed by atoms with E-state index in [1.165, 1.54) is 11.8 Å². The maximum atomic E-state index is 11.8. The minimum absolute atomic E-state index is 0.222. The molecule has 0 aliphatic carbocycles. The number of carbonyl (C=O) groups is 1. The number of aromatic nitrogens is 4. The lowest BCUT2D eigenvalue weighted by Crippen LogP contribution is -2.19. The molecule has 0 spiro atoms. The van der Waals surface area contributed by atoms with E-state index in [1.807, 2.05) is 26.8 Å². The van der Waals surface area contributed by atoms with E-state index in [9.17, 15) is 4.79 Å². The molecule has 0 unspecified atom stereocenters. The van der Waals surface area contributed by atoms with Gasteiger partial charge >= 0.3 is 5.97 Å². The molecule has 108 valence electrons. The van der Waals surface area contributed by atoms with Crippen LogP contribution in [0.5, 0.6) is 0 Å². The Morgan fingerprint density at radius 1 is 1.40 bits per heavy atom. The first-order valence-electron chi connectivity index (χ1n) is 6.59. The Labute approximate surface area is 121 Å². The zero-order valence-electron chi connectivity index (χ0n) is 12.1. The highest BCUT2D eigenvalue weighted by molar-refractivity contribution is 8.00. The van der Waals surface area contributed by atoms with E-state index in [0.717, 1.165) is 11.4 Å². The molecule has 0 fully saturated rings. The second-order valence-corrected chi connectivity index (χ2v) is 5.58. The fourth-order valence-corrected chi connectivity index (χ4v) is 2.71. The monoisotopic (exact) mass is 294 g/mol. The van der Waals surface area contributed by atoms with Crippen LogP contribution < -0.4 is 0 Å². The predicted octanol–water partition coefficient (Wildman–Crippen LogP) is 2.17. The second kappa shape index (κ2) is 6.21. The van der Waals surface area contributed by atoms with Gasteiger partial charge in [0.1, 0.15) is 5.25 Å². The van der Waals surface area contributed by atoms with Crippen LogP contribution in [0.2, 0.25) is 0 Å². The Hall–Kier alpha value is -1.63. The van der Waals surface area contributed by atoms with Crippen LogP contribution in [-0.2, 0) is 9.53 Å². The lowest BCUT2D eigenvalue weighted by molar-refractivity contribution is -0.142. The molecule has 6 nitrogen and oxygen atoms in total. The Balaban J connectivity index is 2.25. The summed E-state index contributed by atoms with van der Waals surface area (Å²) in [6, 6.07) is 1.94. The Bertz CT molecular complexity index is 626. The molecule has 0 aliphatic rings. The van der Waals surface area contributed by atoms with Crippen molar-refractivity contribution in [1.29, 1.82) is 0 Å². The van der Waals surface area contributed by atoms with Crippen molar-refractivity contribution in [3.8, 4) is 0 Å². The number of hydrogen-bond donors (Lipinski definition) is 0. The summed E-state index contributed by atoms with van der Waals surface area (Å²) in [6.07, 6.45) is 0.671. The van der Waals surface area contributed by atoms with Gasteiger partial charge in [-0.25, -0.2) is 9.50 Å². The summed E-state index contributed by atoms with van der Waals surface area (Å²) in [5.74, 6) is 0.337. The third-order valence-corrected chi connectivity index (χ3v) is 3.96. The number of esters is 1. The number of rotatable bonds is 5. The van der Waals surface area contributed by atoms with E-state index in [1.54, 1.807) is 11.4 Å². The quantitative estimate of drug-likeness (QED) is 0.622. The van der Waals surface area contributed by atoms with Gasteiger partial charge in [0.05, 0.1) is 6.61 Å². The number of ether oxygens (including phenoxy) is 1. The number of fused-ring (bicyclic) bond motifs is 1. The highest BCUT2D eigenvalue weighted by atomic mass is 32.2. The van der Waals surface area contributed by atoms with Crippen molar-refractivity contribution in [2.75, 3.05) is 6.61 Å². The van der Waals surface area contributed by atoms with Crippen LogP contribution in [0, 0.1) is 13.8 Å². The summed E-state index contributed by atoms with van der Waals surface area (Å²) in [5, 5.41) is 4.65. The van der Waals surface area contributed by atoms with Crippen LogP contribution in [0.4, 0.5) is 0 Å². The molecule has 0 bridgehead atoms. The fourth-order valence-electron chi connectivity index (χ4n) is 1.86. The van der Waals surface area contributed by atoms with Crippen LogP contribution >= 0.6 is 11.8 Å². The van der Waals surface area contributed by atoms with Gasteiger partial charge in [0.25, 0.3) is 5.78 Å². The third kappa shape index (κ3) is 3.09. The maximum absolute atomic E-state index is 11.8. The minimum atomic E-state index is -0.284. The summed E-state index contributed by atoms with van der Waals surface area (Å²) >= 11 is 1.32. The topological polar surface area (TPSA) is 69.4 Å². The van der Waals surface area contributed by atoms with Crippen LogP contribution in [0.25, 0.3) is 5.78 Å². The Kier molecular flexibility index (Phi) is 4.59. The van der Waals surface area contributed by atoms with E-state index in [2.05, 4.69) is 15.1 Å². The number of aryl methyl sites for hydroxylation is 2.